The maximum Gasteiger partial charge on any atom is 0.229 e. The highest BCUT2D eigenvalue weighted by Gasteiger charge is 2.51. The smallest absolute Gasteiger partial charge is 0.229 e. The summed E-state index contributed by atoms with van der Waals surface area (Å²) in [6, 6.07) is 9.83. The van der Waals surface area contributed by atoms with Crippen LogP contribution < -0.4 is 15.8 Å². The van der Waals surface area contributed by atoms with Gasteiger partial charge in [-0.05, 0) is 42.0 Å². The molecule has 1 aliphatic carbocycles. The summed E-state index contributed by atoms with van der Waals surface area (Å²) in [5.74, 6) is 1.21. The molecule has 0 spiro atoms. The van der Waals surface area contributed by atoms with Crippen molar-refractivity contribution in [2.24, 2.45) is 5.73 Å². The van der Waals surface area contributed by atoms with Gasteiger partial charge in [-0.25, -0.2) is 4.98 Å². The molecule has 1 amide bonds. The van der Waals surface area contributed by atoms with Crippen LogP contribution in [0.3, 0.4) is 0 Å². The van der Waals surface area contributed by atoms with Crippen LogP contribution in [-0.4, -0.2) is 43.2 Å². The minimum Gasteiger partial charge on any atom is -0.491 e. The molecule has 29 heavy (non-hydrogen) atoms. The number of primary amides is 1. The summed E-state index contributed by atoms with van der Waals surface area (Å²) in [5, 5.41) is 4.99. The minimum absolute atomic E-state index is 0.314. The van der Waals surface area contributed by atoms with E-state index in [1.165, 1.54) is 0 Å². The minimum atomic E-state index is -0.631. The zero-order valence-corrected chi connectivity index (χ0v) is 16.6. The number of carbonyl (C=O) groups is 1. The van der Waals surface area contributed by atoms with Gasteiger partial charge in [0.1, 0.15) is 18.2 Å². The number of nitrogens with zero attached hydrogens (tertiary/aromatic N) is 2. The van der Waals surface area contributed by atoms with Crippen LogP contribution in [0.2, 0.25) is 0 Å². The summed E-state index contributed by atoms with van der Waals surface area (Å²) in [4.78, 5) is 21.1. The summed E-state index contributed by atoms with van der Waals surface area (Å²) in [5.41, 5.74) is 7.72. The van der Waals surface area contributed by atoms with Crippen LogP contribution in [0.1, 0.15) is 18.5 Å². The zero-order valence-electron chi connectivity index (χ0n) is 16.6. The van der Waals surface area contributed by atoms with Crippen molar-refractivity contribution in [3.8, 4) is 16.9 Å². The number of hydrogen-bond acceptors (Lipinski definition) is 6. The molecule has 4 rings (SSSR count). The number of aromatic nitrogens is 2. The van der Waals surface area contributed by atoms with Gasteiger partial charge in [0, 0.05) is 37.5 Å². The average Bonchev–Trinajstić information content (AvgIpc) is 3.56. The molecule has 0 aliphatic heterocycles. The fraction of sp³-hybridized carbons (Fsp3) is 0.318. The van der Waals surface area contributed by atoms with E-state index in [1.54, 1.807) is 13.3 Å². The first-order valence-corrected chi connectivity index (χ1v) is 9.58. The lowest BCUT2D eigenvalue weighted by Crippen LogP contribution is -2.29. The van der Waals surface area contributed by atoms with E-state index >= 15 is 0 Å². The van der Waals surface area contributed by atoms with Crippen molar-refractivity contribution in [1.82, 2.24) is 9.97 Å². The highest BCUT2D eigenvalue weighted by Crippen LogP contribution is 2.48. The fourth-order valence-corrected chi connectivity index (χ4v) is 3.55. The van der Waals surface area contributed by atoms with Crippen molar-refractivity contribution in [3.05, 3.63) is 48.4 Å². The molecular weight excluding hydrogens is 368 g/mol. The van der Waals surface area contributed by atoms with E-state index in [0.29, 0.717) is 13.2 Å². The van der Waals surface area contributed by atoms with Gasteiger partial charge in [0.05, 0.1) is 17.7 Å². The van der Waals surface area contributed by atoms with E-state index in [-0.39, 0.29) is 5.91 Å². The number of nitrogens with one attached hydrogen (secondary N) is 1. The number of hydrogen-bond donors (Lipinski definition) is 2. The molecule has 150 valence electrons. The largest absolute Gasteiger partial charge is 0.491 e. The van der Waals surface area contributed by atoms with Crippen LogP contribution in [0.4, 0.5) is 5.82 Å². The Balaban J connectivity index is 1.76. The summed E-state index contributed by atoms with van der Waals surface area (Å²) >= 11 is 0. The van der Waals surface area contributed by atoms with Gasteiger partial charge in [0.2, 0.25) is 5.91 Å². The van der Waals surface area contributed by atoms with E-state index in [9.17, 15) is 4.79 Å². The first kappa shape index (κ1) is 19.1. The summed E-state index contributed by atoms with van der Waals surface area (Å²) in [6.45, 7) is 1.04. The van der Waals surface area contributed by atoms with Crippen molar-refractivity contribution >= 4 is 22.5 Å². The van der Waals surface area contributed by atoms with Crippen molar-refractivity contribution in [3.63, 3.8) is 0 Å². The summed E-state index contributed by atoms with van der Waals surface area (Å²) < 4.78 is 10.7. The number of amides is 1. The Bertz CT molecular complexity index is 1050. The highest BCUT2D eigenvalue weighted by atomic mass is 16.5. The van der Waals surface area contributed by atoms with Gasteiger partial charge in [0.15, 0.2) is 0 Å². The Hall–Kier alpha value is -3.19. The van der Waals surface area contributed by atoms with Crippen molar-refractivity contribution in [1.29, 1.82) is 0 Å². The quantitative estimate of drug-likeness (QED) is 0.572. The Morgan fingerprint density at radius 3 is 2.52 bits per heavy atom. The van der Waals surface area contributed by atoms with E-state index in [0.717, 1.165) is 52.0 Å². The molecule has 1 aliphatic rings. The number of methoxy groups -OCH3 is 1. The average molecular weight is 392 g/mol. The van der Waals surface area contributed by atoms with Crippen molar-refractivity contribution in [2.45, 2.75) is 18.3 Å². The van der Waals surface area contributed by atoms with Gasteiger partial charge in [0.25, 0.3) is 0 Å². The Morgan fingerprint density at radius 1 is 1.14 bits per heavy atom. The van der Waals surface area contributed by atoms with Gasteiger partial charge in [-0.3, -0.25) is 9.78 Å². The SMILES string of the molecule is CNc1ncc(-c2ccc(OCCOC)cc2)c2cc(C3(C(N)=O)CC3)ncc12. The van der Waals surface area contributed by atoms with E-state index in [1.807, 2.05) is 43.6 Å². The number of anilines is 1. The molecule has 1 aromatic carbocycles. The number of carbonyl (C=O) groups excluding carboxylic acids is 1. The standard InChI is InChI=1S/C22H24N4O3/c1-24-20-18-13-25-19(22(7-8-22)21(23)27)11-16(18)17(12-26-20)14-3-5-15(6-4-14)29-10-9-28-2/h3-6,11-13H,7-10H2,1-2H3,(H2,23,27)(H,24,26). The Morgan fingerprint density at radius 2 is 1.90 bits per heavy atom. The molecule has 2 heterocycles. The van der Waals surface area contributed by atoms with Crippen LogP contribution in [0.5, 0.6) is 5.75 Å². The van der Waals surface area contributed by atoms with Crippen LogP contribution in [0.25, 0.3) is 21.9 Å². The molecule has 0 radical (unpaired) electrons. The zero-order chi connectivity index (χ0) is 20.4. The molecule has 1 saturated carbocycles. The molecule has 0 saturated heterocycles. The third kappa shape index (κ3) is 3.49. The van der Waals surface area contributed by atoms with E-state index in [2.05, 4.69) is 15.3 Å². The number of pyridine rings is 2. The van der Waals surface area contributed by atoms with Gasteiger partial charge in [-0.2, -0.15) is 0 Å². The van der Waals surface area contributed by atoms with Gasteiger partial charge in [-0.1, -0.05) is 12.1 Å². The molecule has 0 atom stereocenters. The second kappa shape index (κ2) is 7.67. The molecule has 7 heteroatoms. The van der Waals surface area contributed by atoms with Crippen LogP contribution in [0.15, 0.2) is 42.7 Å². The predicted octanol–water partition coefficient (Wildman–Crippen LogP) is 2.88. The van der Waals surface area contributed by atoms with Crippen LogP contribution in [-0.2, 0) is 14.9 Å². The van der Waals surface area contributed by atoms with Crippen LogP contribution >= 0.6 is 0 Å². The van der Waals surface area contributed by atoms with E-state index < -0.39 is 5.41 Å². The normalized spacial score (nSPS) is 14.6. The number of ether oxygens (including phenoxy) is 2. The highest BCUT2D eigenvalue weighted by molar-refractivity contribution is 6.02. The summed E-state index contributed by atoms with van der Waals surface area (Å²) in [6.07, 6.45) is 5.10. The van der Waals surface area contributed by atoms with Crippen molar-refractivity contribution in [2.75, 3.05) is 32.7 Å². The molecule has 7 nitrogen and oxygen atoms in total. The maximum atomic E-state index is 12.0. The number of rotatable bonds is 8. The molecule has 0 unspecified atom stereocenters. The van der Waals surface area contributed by atoms with Gasteiger partial charge < -0.3 is 20.5 Å². The number of nitrogens with two attached hydrogens (primary N) is 1. The first-order chi connectivity index (χ1) is 14.1. The van der Waals surface area contributed by atoms with Crippen molar-refractivity contribution < 1.29 is 14.3 Å². The fourth-order valence-electron chi connectivity index (χ4n) is 3.55. The van der Waals surface area contributed by atoms with Gasteiger partial charge >= 0.3 is 0 Å². The topological polar surface area (TPSA) is 99.4 Å². The van der Waals surface area contributed by atoms with Crippen LogP contribution in [0, 0.1) is 0 Å². The lowest BCUT2D eigenvalue weighted by Gasteiger charge is -2.15. The number of benzene rings is 1. The monoisotopic (exact) mass is 392 g/mol. The molecule has 3 aromatic rings. The molecular formula is C22H24N4O3. The molecule has 0 bridgehead atoms. The summed E-state index contributed by atoms with van der Waals surface area (Å²) in [7, 11) is 3.47. The van der Waals surface area contributed by atoms with E-state index in [4.69, 9.17) is 15.2 Å². The maximum absolute atomic E-state index is 12.0. The molecule has 3 N–H and O–H groups in total. The first-order valence-electron chi connectivity index (χ1n) is 9.58. The second-order valence-electron chi connectivity index (χ2n) is 7.20. The molecule has 1 fully saturated rings. The third-order valence-corrected chi connectivity index (χ3v) is 5.44. The van der Waals surface area contributed by atoms with Gasteiger partial charge in [-0.15, -0.1) is 0 Å². The number of fused-ring (bicyclic) bond motifs is 1. The third-order valence-electron chi connectivity index (χ3n) is 5.44. The Labute approximate surface area is 169 Å². The second-order valence-corrected chi connectivity index (χ2v) is 7.20. The molecule has 2 aromatic heterocycles. The Kier molecular flexibility index (Phi) is 5.07. The lowest BCUT2D eigenvalue weighted by atomic mass is 9.95. The lowest BCUT2D eigenvalue weighted by molar-refractivity contribution is -0.120. The predicted molar refractivity (Wildman–Crippen MR) is 112 cm³/mol.